The van der Waals surface area contributed by atoms with Crippen LogP contribution in [0.5, 0.6) is 17.2 Å². The van der Waals surface area contributed by atoms with Gasteiger partial charge in [0.2, 0.25) is 0 Å². The van der Waals surface area contributed by atoms with Gasteiger partial charge in [-0.2, -0.15) is 0 Å². The summed E-state index contributed by atoms with van der Waals surface area (Å²) in [5, 5.41) is 40.5. The number of aliphatic hydroxyl groups is 1. The first-order valence-electron chi connectivity index (χ1n) is 7.10. The Kier molecular flexibility index (Phi) is 4.19. The molecule has 1 atom stereocenters. The van der Waals surface area contributed by atoms with Crippen LogP contribution in [0, 0.1) is 0 Å². The Morgan fingerprint density at radius 1 is 1.09 bits per heavy atom. The van der Waals surface area contributed by atoms with Crippen molar-refractivity contribution >= 4 is 5.69 Å². The molecule has 0 aliphatic heterocycles. The summed E-state index contributed by atoms with van der Waals surface area (Å²) in [6, 6.07) is 7.74. The van der Waals surface area contributed by atoms with Crippen LogP contribution in [0.25, 0.3) is 0 Å². The number of anilines is 1. The van der Waals surface area contributed by atoms with Gasteiger partial charge in [0.25, 0.3) is 0 Å². The second-order valence-corrected chi connectivity index (χ2v) is 5.66. The minimum atomic E-state index is -1.48. The van der Waals surface area contributed by atoms with Crippen LogP contribution in [0.2, 0.25) is 0 Å². The molecule has 2 rings (SSSR count). The summed E-state index contributed by atoms with van der Waals surface area (Å²) in [6.07, 6.45) is 0.654. The van der Waals surface area contributed by atoms with Crippen LogP contribution in [0.3, 0.4) is 0 Å². The second-order valence-electron chi connectivity index (χ2n) is 5.66. The first kappa shape index (κ1) is 16.0. The molecule has 118 valence electrons. The molecule has 5 nitrogen and oxygen atoms in total. The molecule has 0 fully saturated rings. The van der Waals surface area contributed by atoms with E-state index in [-0.39, 0.29) is 29.2 Å². The first-order valence-corrected chi connectivity index (χ1v) is 7.10. The fourth-order valence-corrected chi connectivity index (χ4v) is 2.72. The molecule has 1 unspecified atom stereocenters. The Labute approximate surface area is 129 Å². The number of hydrogen-bond acceptors (Lipinski definition) is 5. The van der Waals surface area contributed by atoms with Gasteiger partial charge in [-0.15, -0.1) is 0 Å². The maximum absolute atomic E-state index is 10.8. The summed E-state index contributed by atoms with van der Waals surface area (Å²) >= 11 is 0. The average Bonchev–Trinajstić information content (AvgIpc) is 2.40. The van der Waals surface area contributed by atoms with Gasteiger partial charge in [0.15, 0.2) is 0 Å². The molecular weight excluding hydrogens is 282 g/mol. The van der Waals surface area contributed by atoms with E-state index in [0.717, 1.165) is 5.56 Å². The van der Waals surface area contributed by atoms with Gasteiger partial charge in [0.05, 0.1) is 11.2 Å². The SMILES string of the molecule is CCc1c(N)cc(O)c(C(C)(O)Cc2ccc(O)cc2)c1O. The quantitative estimate of drug-likeness (QED) is 0.558. The maximum atomic E-state index is 10.8. The molecule has 0 aliphatic carbocycles. The van der Waals surface area contributed by atoms with Crippen molar-refractivity contribution in [2.75, 3.05) is 5.73 Å². The highest BCUT2D eigenvalue weighted by atomic mass is 16.3. The van der Waals surface area contributed by atoms with Crippen molar-refractivity contribution in [2.24, 2.45) is 0 Å². The number of phenolic OH excluding ortho intramolecular Hbond substituents is 3. The minimum Gasteiger partial charge on any atom is -0.508 e. The van der Waals surface area contributed by atoms with Crippen LogP contribution in [0.15, 0.2) is 30.3 Å². The van der Waals surface area contributed by atoms with Gasteiger partial charge in [-0.25, -0.2) is 0 Å². The third-order valence-electron chi connectivity index (χ3n) is 3.80. The fraction of sp³-hybridized carbons (Fsp3) is 0.294. The fourth-order valence-electron chi connectivity index (χ4n) is 2.72. The number of benzene rings is 2. The van der Waals surface area contributed by atoms with Crippen molar-refractivity contribution < 1.29 is 20.4 Å². The van der Waals surface area contributed by atoms with Gasteiger partial charge in [0.1, 0.15) is 17.2 Å². The lowest BCUT2D eigenvalue weighted by Gasteiger charge is -2.27. The van der Waals surface area contributed by atoms with Gasteiger partial charge < -0.3 is 26.2 Å². The summed E-state index contributed by atoms with van der Waals surface area (Å²) in [5.41, 5.74) is 5.92. The number of rotatable bonds is 4. The molecule has 0 spiro atoms. The molecule has 2 aromatic carbocycles. The molecular formula is C17H21NO4. The Hall–Kier alpha value is -2.40. The molecule has 0 aromatic heterocycles. The van der Waals surface area contributed by atoms with E-state index >= 15 is 0 Å². The molecule has 5 heteroatoms. The summed E-state index contributed by atoms with van der Waals surface area (Å²) in [5.74, 6) is -0.283. The molecule has 0 radical (unpaired) electrons. The molecule has 2 aromatic rings. The minimum absolute atomic E-state index is 0.0617. The lowest BCUT2D eigenvalue weighted by Crippen LogP contribution is -2.25. The molecule has 0 amide bonds. The molecule has 0 bridgehead atoms. The summed E-state index contributed by atoms with van der Waals surface area (Å²) in [4.78, 5) is 0. The highest BCUT2D eigenvalue weighted by molar-refractivity contribution is 5.64. The number of aromatic hydroxyl groups is 3. The van der Waals surface area contributed by atoms with Crippen molar-refractivity contribution in [3.8, 4) is 17.2 Å². The number of nitrogen functional groups attached to an aromatic ring is 1. The van der Waals surface area contributed by atoms with E-state index in [0.29, 0.717) is 17.7 Å². The predicted molar refractivity (Wildman–Crippen MR) is 84.9 cm³/mol. The molecule has 6 N–H and O–H groups in total. The number of phenols is 3. The average molecular weight is 303 g/mol. The van der Waals surface area contributed by atoms with Crippen LogP contribution < -0.4 is 5.73 Å². The Bertz CT molecular complexity index is 678. The summed E-state index contributed by atoms with van der Waals surface area (Å²) < 4.78 is 0. The topological polar surface area (TPSA) is 107 Å². The maximum Gasteiger partial charge on any atom is 0.130 e. The largest absolute Gasteiger partial charge is 0.508 e. The standard InChI is InChI=1S/C17H21NO4/c1-3-12-13(18)8-14(20)15(16(12)21)17(2,22)9-10-4-6-11(19)7-5-10/h4-8,19-22H,3,9,18H2,1-2H3. The van der Waals surface area contributed by atoms with Crippen LogP contribution in [-0.2, 0) is 18.4 Å². The van der Waals surface area contributed by atoms with Crippen LogP contribution in [0.4, 0.5) is 5.69 Å². The van der Waals surface area contributed by atoms with Crippen molar-refractivity contribution in [1.29, 1.82) is 0 Å². The zero-order chi connectivity index (χ0) is 16.5. The smallest absolute Gasteiger partial charge is 0.130 e. The number of nitrogens with two attached hydrogens (primary N) is 1. The highest BCUT2D eigenvalue weighted by Crippen LogP contribution is 2.43. The van der Waals surface area contributed by atoms with Gasteiger partial charge in [0, 0.05) is 23.7 Å². The van der Waals surface area contributed by atoms with Crippen LogP contribution in [0.1, 0.15) is 30.5 Å². The lowest BCUT2D eigenvalue weighted by molar-refractivity contribution is 0.0524. The van der Waals surface area contributed by atoms with Crippen LogP contribution in [-0.4, -0.2) is 20.4 Å². The Balaban J connectivity index is 2.46. The third-order valence-corrected chi connectivity index (χ3v) is 3.80. The van der Waals surface area contributed by atoms with E-state index in [1.54, 1.807) is 12.1 Å². The summed E-state index contributed by atoms with van der Waals surface area (Å²) in [7, 11) is 0. The third kappa shape index (κ3) is 2.94. The Morgan fingerprint density at radius 2 is 1.68 bits per heavy atom. The zero-order valence-corrected chi connectivity index (χ0v) is 12.7. The molecule has 0 aliphatic rings. The van der Waals surface area contributed by atoms with Crippen molar-refractivity contribution in [2.45, 2.75) is 32.3 Å². The molecule has 0 saturated carbocycles. The van der Waals surface area contributed by atoms with Crippen LogP contribution >= 0.6 is 0 Å². The normalized spacial score (nSPS) is 13.8. The van der Waals surface area contributed by atoms with Gasteiger partial charge in [-0.3, -0.25) is 0 Å². The first-order chi connectivity index (χ1) is 10.3. The summed E-state index contributed by atoms with van der Waals surface area (Å²) in [6.45, 7) is 3.35. The second kappa shape index (κ2) is 5.77. The number of hydrogen-bond donors (Lipinski definition) is 5. The predicted octanol–water partition coefficient (Wildman–Crippen LogP) is 2.40. The zero-order valence-electron chi connectivity index (χ0n) is 12.7. The van der Waals surface area contributed by atoms with E-state index < -0.39 is 5.60 Å². The molecule has 0 saturated heterocycles. The van der Waals surface area contributed by atoms with E-state index in [2.05, 4.69) is 0 Å². The Morgan fingerprint density at radius 3 is 2.23 bits per heavy atom. The lowest BCUT2D eigenvalue weighted by atomic mass is 9.85. The van der Waals surface area contributed by atoms with Gasteiger partial charge in [-0.05, 0) is 31.0 Å². The van der Waals surface area contributed by atoms with E-state index in [1.807, 2.05) is 6.92 Å². The van der Waals surface area contributed by atoms with Crippen molar-refractivity contribution in [3.05, 3.63) is 47.0 Å². The van der Waals surface area contributed by atoms with Crippen molar-refractivity contribution in [1.82, 2.24) is 0 Å². The highest BCUT2D eigenvalue weighted by Gasteiger charge is 2.32. The van der Waals surface area contributed by atoms with Gasteiger partial charge in [-0.1, -0.05) is 19.1 Å². The molecule has 0 heterocycles. The monoisotopic (exact) mass is 303 g/mol. The van der Waals surface area contributed by atoms with Gasteiger partial charge >= 0.3 is 0 Å². The molecule has 22 heavy (non-hydrogen) atoms. The van der Waals surface area contributed by atoms with E-state index in [1.165, 1.54) is 25.1 Å². The van der Waals surface area contributed by atoms with Crippen molar-refractivity contribution in [3.63, 3.8) is 0 Å². The van der Waals surface area contributed by atoms with E-state index in [9.17, 15) is 20.4 Å². The van der Waals surface area contributed by atoms with E-state index in [4.69, 9.17) is 5.73 Å².